The fourth-order valence-corrected chi connectivity index (χ4v) is 3.54. The molecule has 1 amide bonds. The minimum absolute atomic E-state index is 0.0857. The summed E-state index contributed by atoms with van der Waals surface area (Å²) in [5, 5.41) is 20.4. The highest BCUT2D eigenvalue weighted by Gasteiger charge is 2.37. The molecule has 0 aliphatic carbocycles. The first-order valence-electron chi connectivity index (χ1n) is 6.66. The molecule has 3 atom stereocenters. The summed E-state index contributed by atoms with van der Waals surface area (Å²) in [5.41, 5.74) is 1.08. The number of rotatable bonds is 5. The van der Waals surface area contributed by atoms with Gasteiger partial charge in [-0.2, -0.15) is 5.26 Å². The van der Waals surface area contributed by atoms with Crippen LogP contribution in [0.3, 0.4) is 0 Å². The summed E-state index contributed by atoms with van der Waals surface area (Å²) in [7, 11) is 0. The largest absolute Gasteiger partial charge is 0.481 e. The third-order valence-electron chi connectivity index (χ3n) is 3.46. The standard InChI is InChI=1S/C15H16N2O3S/c16-8-12-11(6-10-4-2-1-3-5-10)7-13(18)17-15(12)21-9-14(19)20/h1-5,11-12,15H,6-7,9H2,(H,17,18)(H,19,20). The fourth-order valence-electron chi connectivity index (χ4n) is 2.52. The monoisotopic (exact) mass is 304 g/mol. The number of hydrogen-bond acceptors (Lipinski definition) is 4. The number of nitrogens with one attached hydrogen (secondary N) is 1. The van der Waals surface area contributed by atoms with Crippen LogP contribution in [0.1, 0.15) is 12.0 Å². The highest BCUT2D eigenvalue weighted by Crippen LogP contribution is 2.32. The molecule has 1 aromatic rings. The zero-order valence-corrected chi connectivity index (χ0v) is 12.2. The molecule has 0 saturated carbocycles. The van der Waals surface area contributed by atoms with Crippen molar-refractivity contribution < 1.29 is 14.7 Å². The van der Waals surface area contributed by atoms with Gasteiger partial charge >= 0.3 is 5.97 Å². The van der Waals surface area contributed by atoms with E-state index in [0.29, 0.717) is 12.8 Å². The molecule has 0 bridgehead atoms. The molecule has 1 fully saturated rings. The molecule has 5 nitrogen and oxygen atoms in total. The molecular formula is C15H16N2O3S. The fraction of sp³-hybridized carbons (Fsp3) is 0.400. The smallest absolute Gasteiger partial charge is 0.313 e. The van der Waals surface area contributed by atoms with Crippen molar-refractivity contribution in [1.29, 1.82) is 5.26 Å². The summed E-state index contributed by atoms with van der Waals surface area (Å²) in [6, 6.07) is 12.0. The average Bonchev–Trinajstić information content (AvgIpc) is 2.46. The van der Waals surface area contributed by atoms with E-state index in [-0.39, 0.29) is 23.5 Å². The molecule has 1 aliphatic rings. The first-order valence-corrected chi connectivity index (χ1v) is 7.71. The summed E-state index contributed by atoms with van der Waals surface area (Å²) in [6.45, 7) is 0. The van der Waals surface area contributed by atoms with Gasteiger partial charge in [-0.05, 0) is 17.9 Å². The number of hydrogen-bond donors (Lipinski definition) is 2. The number of benzene rings is 1. The van der Waals surface area contributed by atoms with E-state index in [1.54, 1.807) is 0 Å². The van der Waals surface area contributed by atoms with Gasteiger partial charge < -0.3 is 10.4 Å². The molecule has 0 spiro atoms. The molecule has 0 aromatic heterocycles. The Kier molecular flexibility index (Phi) is 5.23. The van der Waals surface area contributed by atoms with Gasteiger partial charge in [0.25, 0.3) is 0 Å². The maximum absolute atomic E-state index is 11.8. The van der Waals surface area contributed by atoms with Crippen LogP contribution in [-0.4, -0.2) is 28.1 Å². The molecule has 1 heterocycles. The lowest BCUT2D eigenvalue weighted by Crippen LogP contribution is -2.48. The van der Waals surface area contributed by atoms with Gasteiger partial charge in [-0.15, -0.1) is 11.8 Å². The van der Waals surface area contributed by atoms with Gasteiger partial charge in [-0.25, -0.2) is 0 Å². The van der Waals surface area contributed by atoms with Crippen molar-refractivity contribution in [2.24, 2.45) is 11.8 Å². The minimum Gasteiger partial charge on any atom is -0.481 e. The van der Waals surface area contributed by atoms with Crippen LogP contribution in [0.2, 0.25) is 0 Å². The van der Waals surface area contributed by atoms with Crippen LogP contribution in [0.15, 0.2) is 30.3 Å². The van der Waals surface area contributed by atoms with Crippen LogP contribution in [0.25, 0.3) is 0 Å². The van der Waals surface area contributed by atoms with Crippen LogP contribution in [0, 0.1) is 23.2 Å². The molecule has 3 unspecified atom stereocenters. The Morgan fingerprint density at radius 1 is 1.43 bits per heavy atom. The lowest BCUT2D eigenvalue weighted by molar-refractivity contribution is -0.134. The van der Waals surface area contributed by atoms with E-state index in [9.17, 15) is 14.9 Å². The zero-order valence-electron chi connectivity index (χ0n) is 11.4. The van der Waals surface area contributed by atoms with E-state index in [0.717, 1.165) is 17.3 Å². The van der Waals surface area contributed by atoms with Gasteiger partial charge in [-0.3, -0.25) is 9.59 Å². The number of carbonyl (C=O) groups is 2. The van der Waals surface area contributed by atoms with E-state index in [1.807, 2.05) is 30.3 Å². The Labute approximate surface area is 127 Å². The molecule has 1 saturated heterocycles. The molecule has 0 radical (unpaired) electrons. The maximum Gasteiger partial charge on any atom is 0.313 e. The van der Waals surface area contributed by atoms with E-state index in [1.165, 1.54) is 0 Å². The Morgan fingerprint density at radius 2 is 2.14 bits per heavy atom. The predicted molar refractivity (Wildman–Crippen MR) is 79.4 cm³/mol. The SMILES string of the molecule is N#CC1C(Cc2ccccc2)CC(=O)NC1SCC(=O)O. The third kappa shape index (κ3) is 4.23. The summed E-state index contributed by atoms with van der Waals surface area (Å²) in [5.74, 6) is -1.66. The van der Waals surface area contributed by atoms with Crippen LogP contribution in [-0.2, 0) is 16.0 Å². The van der Waals surface area contributed by atoms with Gasteiger partial charge in [0.2, 0.25) is 5.91 Å². The van der Waals surface area contributed by atoms with Gasteiger partial charge in [0.05, 0.1) is 23.1 Å². The number of carbonyl (C=O) groups excluding carboxylic acids is 1. The second-order valence-electron chi connectivity index (χ2n) is 5.00. The summed E-state index contributed by atoms with van der Waals surface area (Å²) in [6.07, 6.45) is 0.952. The lowest BCUT2D eigenvalue weighted by atomic mass is 9.82. The van der Waals surface area contributed by atoms with Crippen LogP contribution in [0.5, 0.6) is 0 Å². The van der Waals surface area contributed by atoms with Crippen molar-refractivity contribution in [3.63, 3.8) is 0 Å². The van der Waals surface area contributed by atoms with Crippen molar-refractivity contribution in [1.82, 2.24) is 5.32 Å². The number of piperidine rings is 1. The first-order chi connectivity index (χ1) is 10.1. The highest BCUT2D eigenvalue weighted by molar-refractivity contribution is 8.00. The van der Waals surface area contributed by atoms with Crippen LogP contribution >= 0.6 is 11.8 Å². The molecule has 110 valence electrons. The summed E-state index contributed by atoms with van der Waals surface area (Å²) in [4.78, 5) is 22.5. The molecule has 2 rings (SSSR count). The summed E-state index contributed by atoms with van der Waals surface area (Å²) >= 11 is 1.10. The van der Waals surface area contributed by atoms with E-state index in [2.05, 4.69) is 11.4 Å². The van der Waals surface area contributed by atoms with Gasteiger partial charge in [0.15, 0.2) is 0 Å². The normalized spacial score (nSPS) is 24.9. The van der Waals surface area contributed by atoms with Crippen molar-refractivity contribution in [3.05, 3.63) is 35.9 Å². The zero-order chi connectivity index (χ0) is 15.2. The van der Waals surface area contributed by atoms with Crippen molar-refractivity contribution in [2.45, 2.75) is 18.2 Å². The van der Waals surface area contributed by atoms with E-state index >= 15 is 0 Å². The van der Waals surface area contributed by atoms with E-state index < -0.39 is 11.3 Å². The number of nitriles is 1. The number of carboxylic acid groups (broad SMARTS) is 1. The number of nitrogens with zero attached hydrogens (tertiary/aromatic N) is 1. The van der Waals surface area contributed by atoms with Gasteiger partial charge in [-0.1, -0.05) is 30.3 Å². The quantitative estimate of drug-likeness (QED) is 0.863. The minimum atomic E-state index is -0.948. The highest BCUT2D eigenvalue weighted by atomic mass is 32.2. The van der Waals surface area contributed by atoms with Gasteiger partial charge in [0.1, 0.15) is 0 Å². The number of amides is 1. The molecule has 1 aliphatic heterocycles. The predicted octanol–water partition coefficient (Wildman–Crippen LogP) is 1.65. The second-order valence-corrected chi connectivity index (χ2v) is 6.13. The Hall–Kier alpha value is -2.00. The number of thioether (sulfide) groups is 1. The molecular weight excluding hydrogens is 288 g/mol. The van der Waals surface area contributed by atoms with Crippen molar-refractivity contribution in [3.8, 4) is 6.07 Å². The van der Waals surface area contributed by atoms with E-state index in [4.69, 9.17) is 5.11 Å². The molecule has 21 heavy (non-hydrogen) atoms. The molecule has 2 N–H and O–H groups in total. The molecule has 1 aromatic carbocycles. The Bertz CT molecular complexity index is 556. The first kappa shape index (κ1) is 15.4. The number of aliphatic carboxylic acids is 1. The third-order valence-corrected chi connectivity index (χ3v) is 4.64. The molecule has 6 heteroatoms. The van der Waals surface area contributed by atoms with Crippen LogP contribution < -0.4 is 5.32 Å². The van der Waals surface area contributed by atoms with Crippen molar-refractivity contribution in [2.75, 3.05) is 5.75 Å². The lowest BCUT2D eigenvalue weighted by Gasteiger charge is -2.34. The average molecular weight is 304 g/mol. The number of carboxylic acids is 1. The van der Waals surface area contributed by atoms with Gasteiger partial charge in [0, 0.05) is 6.42 Å². The maximum atomic E-state index is 11.8. The Morgan fingerprint density at radius 3 is 2.76 bits per heavy atom. The topological polar surface area (TPSA) is 90.2 Å². The van der Waals surface area contributed by atoms with Crippen molar-refractivity contribution >= 4 is 23.6 Å². The van der Waals surface area contributed by atoms with Crippen LogP contribution in [0.4, 0.5) is 0 Å². The second kappa shape index (κ2) is 7.14. The Balaban J connectivity index is 2.09. The summed E-state index contributed by atoms with van der Waals surface area (Å²) < 4.78 is 0.